The van der Waals surface area contributed by atoms with Gasteiger partial charge in [0.1, 0.15) is 0 Å². The van der Waals surface area contributed by atoms with Crippen LogP contribution < -0.4 is 0 Å². The number of carbonyl (C=O) groups excluding carboxylic acids is 3. The van der Waals surface area contributed by atoms with Crippen molar-refractivity contribution in [3.63, 3.8) is 0 Å². The van der Waals surface area contributed by atoms with Gasteiger partial charge in [-0.1, -0.05) is 32.1 Å². The van der Waals surface area contributed by atoms with Gasteiger partial charge in [-0.15, -0.1) is 0 Å². The Labute approximate surface area is 155 Å². The first-order valence-electron chi connectivity index (χ1n) is 9.08. The number of hydrogen-bond donors (Lipinski definition) is 0. The van der Waals surface area contributed by atoms with Crippen LogP contribution in [0.15, 0.2) is 36.4 Å². The number of methoxy groups -OCH3 is 1. The summed E-state index contributed by atoms with van der Waals surface area (Å²) in [6.07, 6.45) is 6.01. The van der Waals surface area contributed by atoms with E-state index in [0.29, 0.717) is 37.3 Å². The minimum atomic E-state index is -0.359. The van der Waals surface area contributed by atoms with E-state index in [9.17, 15) is 14.4 Å². The van der Waals surface area contributed by atoms with Gasteiger partial charge in [-0.25, -0.2) is 4.79 Å². The molecular weight excluding hydrogens is 330 g/mol. The van der Waals surface area contributed by atoms with Crippen molar-refractivity contribution < 1.29 is 19.1 Å². The van der Waals surface area contributed by atoms with Crippen molar-refractivity contribution >= 4 is 17.7 Å². The molecule has 0 unspecified atom stereocenters. The summed E-state index contributed by atoms with van der Waals surface area (Å²) < 4.78 is 4.69. The zero-order chi connectivity index (χ0) is 19.1. The zero-order valence-electron chi connectivity index (χ0n) is 15.7. The van der Waals surface area contributed by atoms with Gasteiger partial charge < -0.3 is 9.64 Å². The van der Waals surface area contributed by atoms with E-state index in [0.717, 1.165) is 12.0 Å². The number of ether oxygens (including phenoxy) is 1. The highest BCUT2D eigenvalue weighted by molar-refractivity contribution is 5.90. The van der Waals surface area contributed by atoms with E-state index < -0.39 is 0 Å². The smallest absolute Gasteiger partial charge is 0.337 e. The van der Waals surface area contributed by atoms with Crippen molar-refractivity contribution in [1.82, 2.24) is 4.90 Å². The summed E-state index contributed by atoms with van der Waals surface area (Å²) in [5.41, 5.74) is 1.56. The Morgan fingerprint density at radius 2 is 1.96 bits per heavy atom. The molecular formula is C21H27NO4. The molecule has 1 atom stereocenters. The lowest BCUT2D eigenvalue weighted by Gasteiger charge is -2.22. The van der Waals surface area contributed by atoms with E-state index >= 15 is 0 Å². The highest BCUT2D eigenvalue weighted by Crippen LogP contribution is 2.21. The summed E-state index contributed by atoms with van der Waals surface area (Å²) in [6.45, 7) is 4.63. The SMILES string of the molecule is COC(=O)c1ccc(CCN2C(=O)CC[C@@H]2/C=C/C(=O)CC(C)C)cc1. The summed E-state index contributed by atoms with van der Waals surface area (Å²) >= 11 is 0. The standard InChI is InChI=1S/C21H27NO4/c1-15(2)14-19(23)10-8-18-9-11-20(24)22(18)13-12-16-4-6-17(7-5-16)21(25)26-3/h4-8,10,15,18H,9,11-14H2,1-3H3/b10-8+/t18-/m0/s1. The van der Waals surface area contributed by atoms with Crippen molar-refractivity contribution in [2.45, 2.75) is 45.6 Å². The van der Waals surface area contributed by atoms with Crippen LogP contribution >= 0.6 is 0 Å². The minimum absolute atomic E-state index is 0.00652. The lowest BCUT2D eigenvalue weighted by molar-refractivity contribution is -0.128. The number of esters is 1. The minimum Gasteiger partial charge on any atom is -0.465 e. The number of hydrogen-bond acceptors (Lipinski definition) is 4. The molecule has 0 N–H and O–H groups in total. The van der Waals surface area contributed by atoms with Crippen LogP contribution in [0.25, 0.3) is 0 Å². The molecule has 1 amide bonds. The molecule has 5 nitrogen and oxygen atoms in total. The summed E-state index contributed by atoms with van der Waals surface area (Å²) in [6, 6.07) is 7.21. The number of ketones is 1. The first kappa shape index (κ1) is 19.9. The molecule has 5 heteroatoms. The number of benzene rings is 1. The van der Waals surface area contributed by atoms with Gasteiger partial charge in [0.05, 0.1) is 18.7 Å². The highest BCUT2D eigenvalue weighted by atomic mass is 16.5. The highest BCUT2D eigenvalue weighted by Gasteiger charge is 2.28. The molecule has 0 saturated carbocycles. The molecule has 0 radical (unpaired) electrons. The predicted octanol–water partition coefficient (Wildman–Crippen LogP) is 3.18. The summed E-state index contributed by atoms with van der Waals surface area (Å²) in [7, 11) is 1.36. The Balaban J connectivity index is 1.93. The molecule has 0 aromatic heterocycles. The normalized spacial score (nSPS) is 17.3. The monoisotopic (exact) mass is 357 g/mol. The molecule has 1 aromatic carbocycles. The second kappa shape index (κ2) is 9.32. The van der Waals surface area contributed by atoms with Crippen LogP contribution in [-0.2, 0) is 20.7 Å². The van der Waals surface area contributed by atoms with Crippen LogP contribution in [0.2, 0.25) is 0 Å². The molecule has 1 aliphatic rings. The van der Waals surface area contributed by atoms with Crippen molar-refractivity contribution in [3.8, 4) is 0 Å². The number of amides is 1. The fourth-order valence-electron chi connectivity index (χ4n) is 3.11. The first-order valence-corrected chi connectivity index (χ1v) is 9.08. The van der Waals surface area contributed by atoms with Gasteiger partial charge in [0.2, 0.25) is 5.91 Å². The first-order chi connectivity index (χ1) is 12.4. The number of nitrogens with zero attached hydrogens (tertiary/aromatic N) is 1. The molecule has 1 saturated heterocycles. The molecule has 26 heavy (non-hydrogen) atoms. The van der Waals surface area contributed by atoms with Crippen LogP contribution in [0.4, 0.5) is 0 Å². The number of likely N-dealkylation sites (tertiary alicyclic amines) is 1. The van der Waals surface area contributed by atoms with Crippen molar-refractivity contribution in [3.05, 3.63) is 47.5 Å². The van der Waals surface area contributed by atoms with Gasteiger partial charge in [-0.2, -0.15) is 0 Å². The lowest BCUT2D eigenvalue weighted by atomic mass is 10.1. The second-order valence-corrected chi connectivity index (χ2v) is 7.06. The summed E-state index contributed by atoms with van der Waals surface area (Å²) in [4.78, 5) is 37.3. The van der Waals surface area contributed by atoms with Crippen LogP contribution in [-0.4, -0.2) is 42.3 Å². The molecule has 1 aliphatic heterocycles. The van der Waals surface area contributed by atoms with E-state index in [2.05, 4.69) is 4.74 Å². The maximum absolute atomic E-state index is 12.2. The predicted molar refractivity (Wildman–Crippen MR) is 99.8 cm³/mol. The Hall–Kier alpha value is -2.43. The van der Waals surface area contributed by atoms with E-state index in [4.69, 9.17) is 0 Å². The number of allylic oxidation sites excluding steroid dienone is 1. The third-order valence-corrected chi connectivity index (χ3v) is 4.50. The molecule has 140 valence electrons. The average Bonchev–Trinajstić information content (AvgIpc) is 2.97. The van der Waals surface area contributed by atoms with E-state index in [-0.39, 0.29) is 23.7 Å². The van der Waals surface area contributed by atoms with Crippen LogP contribution in [0.5, 0.6) is 0 Å². The Morgan fingerprint density at radius 3 is 2.58 bits per heavy atom. The molecule has 0 aliphatic carbocycles. The topological polar surface area (TPSA) is 63.7 Å². The quantitative estimate of drug-likeness (QED) is 0.529. The molecule has 1 fully saturated rings. The zero-order valence-corrected chi connectivity index (χ0v) is 15.7. The molecule has 0 spiro atoms. The maximum Gasteiger partial charge on any atom is 0.337 e. The van der Waals surface area contributed by atoms with Gasteiger partial charge in [0.25, 0.3) is 0 Å². The largest absolute Gasteiger partial charge is 0.465 e. The molecule has 1 heterocycles. The van der Waals surface area contributed by atoms with Crippen molar-refractivity contribution in [2.75, 3.05) is 13.7 Å². The Bertz CT molecular complexity index is 676. The van der Waals surface area contributed by atoms with E-state index in [1.165, 1.54) is 7.11 Å². The van der Waals surface area contributed by atoms with E-state index in [1.54, 1.807) is 18.2 Å². The molecule has 1 aromatic rings. The summed E-state index contributed by atoms with van der Waals surface area (Å²) in [5.74, 6) is 0.212. The summed E-state index contributed by atoms with van der Waals surface area (Å²) in [5, 5.41) is 0. The van der Waals surface area contributed by atoms with Crippen molar-refractivity contribution in [2.24, 2.45) is 5.92 Å². The van der Waals surface area contributed by atoms with Crippen LogP contribution in [0.1, 0.15) is 49.0 Å². The van der Waals surface area contributed by atoms with Gasteiger partial charge >= 0.3 is 5.97 Å². The van der Waals surface area contributed by atoms with Crippen LogP contribution in [0.3, 0.4) is 0 Å². The van der Waals surface area contributed by atoms with Crippen LogP contribution in [0, 0.1) is 5.92 Å². The fourth-order valence-corrected chi connectivity index (χ4v) is 3.11. The van der Waals surface area contributed by atoms with Crippen molar-refractivity contribution in [1.29, 1.82) is 0 Å². The Morgan fingerprint density at radius 1 is 1.27 bits per heavy atom. The second-order valence-electron chi connectivity index (χ2n) is 7.06. The maximum atomic E-state index is 12.2. The molecule has 2 rings (SSSR count). The average molecular weight is 357 g/mol. The van der Waals surface area contributed by atoms with E-state index in [1.807, 2.05) is 37.0 Å². The third-order valence-electron chi connectivity index (χ3n) is 4.50. The number of carbonyl (C=O) groups is 3. The van der Waals surface area contributed by atoms with Gasteiger partial charge in [-0.3, -0.25) is 9.59 Å². The van der Waals surface area contributed by atoms with Gasteiger partial charge in [-0.05, 0) is 42.5 Å². The lowest BCUT2D eigenvalue weighted by Crippen LogP contribution is -2.33. The Kier molecular flexibility index (Phi) is 7.13. The fraction of sp³-hybridized carbons (Fsp3) is 0.476. The third kappa shape index (κ3) is 5.55. The van der Waals surface area contributed by atoms with Gasteiger partial charge in [0, 0.05) is 19.4 Å². The number of rotatable bonds is 8. The molecule has 0 bridgehead atoms. The van der Waals surface area contributed by atoms with Gasteiger partial charge in [0.15, 0.2) is 5.78 Å².